The molecule has 20 heavy (non-hydrogen) atoms. The Morgan fingerprint density at radius 1 is 1.35 bits per heavy atom. The van der Waals surface area contributed by atoms with Gasteiger partial charge in [0.15, 0.2) is 6.10 Å². The number of amides is 1. The molecule has 2 rings (SSSR count). The molecule has 1 aromatic carbocycles. The highest BCUT2D eigenvalue weighted by Crippen LogP contribution is 2.14. The summed E-state index contributed by atoms with van der Waals surface area (Å²) in [5.41, 5.74) is 0.440. The van der Waals surface area contributed by atoms with Crippen LogP contribution in [0.2, 0.25) is 0 Å². The van der Waals surface area contributed by atoms with Gasteiger partial charge in [-0.05, 0) is 30.7 Å². The van der Waals surface area contributed by atoms with Crippen LogP contribution in [0.25, 0.3) is 0 Å². The van der Waals surface area contributed by atoms with Gasteiger partial charge in [0.05, 0.1) is 24.7 Å². The van der Waals surface area contributed by atoms with Crippen molar-refractivity contribution in [3.05, 3.63) is 29.6 Å². The Bertz CT molecular complexity index is 590. The summed E-state index contributed by atoms with van der Waals surface area (Å²) in [6, 6.07) is 3.32. The van der Waals surface area contributed by atoms with Crippen LogP contribution in [0.1, 0.15) is 5.56 Å². The second-order valence-corrected chi connectivity index (χ2v) is 6.05. The lowest BCUT2D eigenvalue weighted by Crippen LogP contribution is -2.44. The molecule has 0 aromatic heterocycles. The van der Waals surface area contributed by atoms with Crippen molar-refractivity contribution in [1.82, 2.24) is 4.72 Å². The summed E-state index contributed by atoms with van der Waals surface area (Å²) in [6.07, 6.45) is -0.979. The molecule has 0 aliphatic carbocycles. The second kappa shape index (κ2) is 5.86. The average Bonchev–Trinajstić information content (AvgIpc) is 2.38. The number of ether oxygens (including phenoxy) is 2. The first-order valence-electron chi connectivity index (χ1n) is 5.92. The van der Waals surface area contributed by atoms with Gasteiger partial charge in [-0.15, -0.1) is 0 Å². The summed E-state index contributed by atoms with van der Waals surface area (Å²) < 4.78 is 49.2. The van der Waals surface area contributed by atoms with Crippen molar-refractivity contribution in [2.24, 2.45) is 0 Å². The number of sulfonamides is 1. The van der Waals surface area contributed by atoms with Crippen molar-refractivity contribution in [2.45, 2.75) is 17.9 Å². The summed E-state index contributed by atoms with van der Waals surface area (Å²) in [7, 11) is -4.13. The SMILES string of the molecule is Cc1cc(F)cc(S(=O)(=O)NC(=O)C2COCCO2)c1. The Morgan fingerprint density at radius 3 is 2.70 bits per heavy atom. The van der Waals surface area contributed by atoms with Crippen LogP contribution in [0.5, 0.6) is 0 Å². The highest BCUT2D eigenvalue weighted by molar-refractivity contribution is 7.90. The molecule has 1 saturated heterocycles. The molecule has 6 nitrogen and oxygen atoms in total. The van der Waals surface area contributed by atoms with E-state index in [2.05, 4.69) is 0 Å². The van der Waals surface area contributed by atoms with Crippen LogP contribution in [0.3, 0.4) is 0 Å². The average molecular weight is 303 g/mol. The fraction of sp³-hybridized carbons (Fsp3) is 0.417. The van der Waals surface area contributed by atoms with Crippen molar-refractivity contribution < 1.29 is 27.1 Å². The number of carbonyl (C=O) groups is 1. The highest BCUT2D eigenvalue weighted by Gasteiger charge is 2.27. The fourth-order valence-corrected chi connectivity index (χ4v) is 2.88. The third-order valence-electron chi connectivity index (χ3n) is 2.67. The van der Waals surface area contributed by atoms with Crippen molar-refractivity contribution in [3.8, 4) is 0 Å². The minimum absolute atomic E-state index is 0.0104. The van der Waals surface area contributed by atoms with Crippen LogP contribution in [-0.2, 0) is 24.3 Å². The Labute approximate surface area is 115 Å². The van der Waals surface area contributed by atoms with Crippen LogP contribution >= 0.6 is 0 Å². The number of nitrogens with one attached hydrogen (secondary N) is 1. The molecule has 1 unspecified atom stereocenters. The molecule has 0 saturated carbocycles. The lowest BCUT2D eigenvalue weighted by atomic mass is 10.2. The first-order valence-corrected chi connectivity index (χ1v) is 7.40. The first kappa shape index (κ1) is 14.9. The van der Waals surface area contributed by atoms with E-state index in [9.17, 15) is 17.6 Å². The number of halogens is 1. The van der Waals surface area contributed by atoms with E-state index in [0.29, 0.717) is 12.2 Å². The van der Waals surface area contributed by atoms with Crippen LogP contribution < -0.4 is 4.72 Å². The normalized spacial score (nSPS) is 19.6. The topological polar surface area (TPSA) is 81.7 Å². The molecule has 110 valence electrons. The monoisotopic (exact) mass is 303 g/mol. The van der Waals surface area contributed by atoms with E-state index < -0.39 is 27.9 Å². The minimum Gasteiger partial charge on any atom is -0.376 e. The van der Waals surface area contributed by atoms with Crippen molar-refractivity contribution in [3.63, 3.8) is 0 Å². The van der Waals surface area contributed by atoms with Gasteiger partial charge in [0.2, 0.25) is 0 Å². The maximum absolute atomic E-state index is 13.2. The van der Waals surface area contributed by atoms with Gasteiger partial charge in [-0.3, -0.25) is 4.79 Å². The van der Waals surface area contributed by atoms with Crippen LogP contribution in [0, 0.1) is 12.7 Å². The standard InChI is InChI=1S/C12H14FNO5S/c1-8-4-9(13)6-10(5-8)20(16,17)14-12(15)11-7-18-2-3-19-11/h4-6,11H,2-3,7H2,1H3,(H,14,15). The predicted molar refractivity (Wildman–Crippen MR) is 67.0 cm³/mol. The van der Waals surface area contributed by atoms with Gasteiger partial charge in [0, 0.05) is 0 Å². The van der Waals surface area contributed by atoms with Gasteiger partial charge in [0.1, 0.15) is 5.82 Å². The Morgan fingerprint density at radius 2 is 2.10 bits per heavy atom. The number of aryl methyl sites for hydroxylation is 1. The second-order valence-electron chi connectivity index (χ2n) is 4.37. The number of benzene rings is 1. The summed E-state index contributed by atoms with van der Waals surface area (Å²) in [6.45, 7) is 2.13. The van der Waals surface area contributed by atoms with Gasteiger partial charge < -0.3 is 9.47 Å². The Hall–Kier alpha value is -1.51. The van der Waals surface area contributed by atoms with E-state index in [0.717, 1.165) is 6.07 Å². The maximum atomic E-state index is 13.2. The van der Waals surface area contributed by atoms with Crippen LogP contribution in [0.15, 0.2) is 23.1 Å². The van der Waals surface area contributed by atoms with Crippen molar-refractivity contribution in [2.75, 3.05) is 19.8 Å². The van der Waals surface area contributed by atoms with E-state index in [-0.39, 0.29) is 18.1 Å². The lowest BCUT2D eigenvalue weighted by molar-refractivity contribution is -0.145. The molecule has 1 amide bonds. The molecule has 0 spiro atoms. The Kier molecular flexibility index (Phi) is 4.36. The fourth-order valence-electron chi connectivity index (χ4n) is 1.75. The van der Waals surface area contributed by atoms with Gasteiger partial charge in [0.25, 0.3) is 15.9 Å². The van der Waals surface area contributed by atoms with Gasteiger partial charge in [-0.2, -0.15) is 0 Å². The molecular formula is C12H14FNO5S. The van der Waals surface area contributed by atoms with E-state index in [1.807, 2.05) is 4.72 Å². The number of hydrogen-bond donors (Lipinski definition) is 1. The zero-order valence-corrected chi connectivity index (χ0v) is 11.6. The molecule has 1 aliphatic rings. The minimum atomic E-state index is -4.13. The van der Waals surface area contributed by atoms with Gasteiger partial charge in [-0.1, -0.05) is 0 Å². The predicted octanol–water partition coefficient (Wildman–Crippen LogP) is 0.354. The molecule has 1 aromatic rings. The van der Waals surface area contributed by atoms with Crippen LogP contribution in [-0.4, -0.2) is 40.2 Å². The zero-order valence-electron chi connectivity index (χ0n) is 10.8. The summed E-state index contributed by atoms with van der Waals surface area (Å²) in [5, 5.41) is 0. The van der Waals surface area contributed by atoms with E-state index in [1.165, 1.54) is 12.1 Å². The van der Waals surface area contributed by atoms with E-state index in [1.54, 1.807) is 6.92 Å². The molecule has 1 heterocycles. The third-order valence-corrected chi connectivity index (χ3v) is 4.00. The molecule has 0 bridgehead atoms. The van der Waals surface area contributed by atoms with E-state index in [4.69, 9.17) is 9.47 Å². The number of rotatable bonds is 3. The first-order chi connectivity index (χ1) is 9.38. The zero-order chi connectivity index (χ0) is 14.8. The summed E-state index contributed by atoms with van der Waals surface area (Å²) in [5.74, 6) is -1.51. The van der Waals surface area contributed by atoms with E-state index >= 15 is 0 Å². The van der Waals surface area contributed by atoms with Crippen LogP contribution in [0.4, 0.5) is 4.39 Å². The lowest BCUT2D eigenvalue weighted by Gasteiger charge is -2.21. The molecular weight excluding hydrogens is 289 g/mol. The van der Waals surface area contributed by atoms with Gasteiger partial charge >= 0.3 is 0 Å². The quantitative estimate of drug-likeness (QED) is 0.871. The highest BCUT2D eigenvalue weighted by atomic mass is 32.2. The molecule has 1 fully saturated rings. The molecule has 8 heteroatoms. The summed E-state index contributed by atoms with van der Waals surface area (Å²) >= 11 is 0. The molecule has 1 N–H and O–H groups in total. The number of carbonyl (C=O) groups excluding carboxylic acids is 1. The van der Waals surface area contributed by atoms with Gasteiger partial charge in [-0.25, -0.2) is 17.5 Å². The maximum Gasteiger partial charge on any atom is 0.265 e. The van der Waals surface area contributed by atoms with Crippen molar-refractivity contribution in [1.29, 1.82) is 0 Å². The van der Waals surface area contributed by atoms with Crippen molar-refractivity contribution >= 4 is 15.9 Å². The number of hydrogen-bond acceptors (Lipinski definition) is 5. The Balaban J connectivity index is 2.16. The summed E-state index contributed by atoms with van der Waals surface area (Å²) in [4.78, 5) is 11.5. The molecule has 0 radical (unpaired) electrons. The smallest absolute Gasteiger partial charge is 0.265 e. The third kappa shape index (κ3) is 3.53. The largest absolute Gasteiger partial charge is 0.376 e. The molecule has 1 aliphatic heterocycles. The molecule has 1 atom stereocenters.